The second-order valence-corrected chi connectivity index (χ2v) is 16.6. The van der Waals surface area contributed by atoms with Crippen molar-refractivity contribution < 1.29 is 4.42 Å². The number of aromatic nitrogens is 3. The van der Waals surface area contributed by atoms with Crippen molar-refractivity contribution in [1.82, 2.24) is 15.0 Å². The van der Waals surface area contributed by atoms with Gasteiger partial charge in [0.05, 0.1) is 0 Å². The molecular formula is C56H39N3O. The summed E-state index contributed by atoms with van der Waals surface area (Å²) in [5.74, 6) is 1.87. The highest BCUT2D eigenvalue weighted by molar-refractivity contribution is 6.20. The highest BCUT2D eigenvalue weighted by atomic mass is 16.3. The van der Waals surface area contributed by atoms with Crippen LogP contribution in [0.1, 0.15) is 43.4 Å². The topological polar surface area (TPSA) is 51.8 Å². The van der Waals surface area contributed by atoms with Crippen molar-refractivity contribution in [1.29, 1.82) is 0 Å². The summed E-state index contributed by atoms with van der Waals surface area (Å²) >= 11 is 0. The number of benzene rings is 8. The highest BCUT2D eigenvalue weighted by Crippen LogP contribution is 2.55. The first-order chi connectivity index (χ1) is 29.5. The smallest absolute Gasteiger partial charge is 0.164 e. The molecule has 0 fully saturated rings. The van der Waals surface area contributed by atoms with Crippen molar-refractivity contribution in [3.63, 3.8) is 0 Å². The predicted molar refractivity (Wildman–Crippen MR) is 247 cm³/mol. The molecule has 0 saturated heterocycles. The lowest BCUT2D eigenvalue weighted by Gasteiger charge is -2.27. The molecule has 0 unspecified atom stereocenters. The third-order valence-corrected chi connectivity index (χ3v) is 12.9. The number of rotatable bonds is 5. The monoisotopic (exact) mass is 769 g/mol. The second kappa shape index (κ2) is 13.3. The van der Waals surface area contributed by atoms with Crippen LogP contribution in [0.3, 0.4) is 0 Å². The van der Waals surface area contributed by atoms with E-state index in [2.05, 4.69) is 117 Å². The van der Waals surface area contributed by atoms with Gasteiger partial charge in [0, 0.05) is 32.9 Å². The number of nitrogens with zero attached hydrogens (tertiary/aromatic N) is 3. The fourth-order valence-electron chi connectivity index (χ4n) is 9.96. The van der Waals surface area contributed by atoms with Crippen LogP contribution in [0.4, 0.5) is 0 Å². The fraction of sp³-hybridized carbons (Fsp3) is 0.0893. The summed E-state index contributed by atoms with van der Waals surface area (Å²) in [5.41, 5.74) is 15.2. The van der Waals surface area contributed by atoms with E-state index in [0.717, 1.165) is 62.6 Å². The molecule has 0 bridgehead atoms. The van der Waals surface area contributed by atoms with Crippen LogP contribution in [0.25, 0.3) is 99.9 Å². The van der Waals surface area contributed by atoms with Gasteiger partial charge in [-0.2, -0.15) is 0 Å². The van der Waals surface area contributed by atoms with E-state index >= 15 is 0 Å². The fourth-order valence-corrected chi connectivity index (χ4v) is 9.96. The Morgan fingerprint density at radius 2 is 1.10 bits per heavy atom. The van der Waals surface area contributed by atoms with Gasteiger partial charge in [-0.25, -0.2) is 15.0 Å². The van der Waals surface area contributed by atoms with Gasteiger partial charge in [0.2, 0.25) is 0 Å². The van der Waals surface area contributed by atoms with E-state index in [4.69, 9.17) is 19.4 Å². The second-order valence-electron chi connectivity index (χ2n) is 16.6. The van der Waals surface area contributed by atoms with Crippen LogP contribution in [-0.2, 0) is 5.41 Å². The van der Waals surface area contributed by atoms with Gasteiger partial charge < -0.3 is 4.42 Å². The van der Waals surface area contributed by atoms with Crippen molar-refractivity contribution in [2.45, 2.75) is 32.1 Å². The predicted octanol–water partition coefficient (Wildman–Crippen LogP) is 14.7. The Kier molecular flexibility index (Phi) is 7.67. The van der Waals surface area contributed by atoms with E-state index in [1.54, 1.807) is 5.57 Å². The van der Waals surface area contributed by atoms with Gasteiger partial charge in [-0.3, -0.25) is 0 Å². The largest absolute Gasteiger partial charge is 0.456 e. The Labute approximate surface area is 348 Å². The zero-order valence-corrected chi connectivity index (χ0v) is 33.4. The lowest BCUT2D eigenvalue weighted by molar-refractivity contribution is 0.608. The van der Waals surface area contributed by atoms with Gasteiger partial charge in [-0.05, 0) is 104 Å². The summed E-state index contributed by atoms with van der Waals surface area (Å²) in [7, 11) is 0. The van der Waals surface area contributed by atoms with Crippen LogP contribution in [0.2, 0.25) is 0 Å². The van der Waals surface area contributed by atoms with E-state index in [0.29, 0.717) is 17.5 Å². The van der Waals surface area contributed by atoms with Crippen LogP contribution >= 0.6 is 0 Å². The van der Waals surface area contributed by atoms with Crippen LogP contribution in [0.15, 0.2) is 186 Å². The molecule has 2 aromatic heterocycles. The molecule has 8 aromatic carbocycles. The van der Waals surface area contributed by atoms with Crippen molar-refractivity contribution in [2.75, 3.05) is 0 Å². The molecule has 4 nitrogen and oxygen atoms in total. The lowest BCUT2D eigenvalue weighted by Crippen LogP contribution is -2.17. The Bertz CT molecular complexity index is 3390. The number of fused-ring (bicyclic) bond motifs is 8. The van der Waals surface area contributed by atoms with E-state index in [-0.39, 0.29) is 5.41 Å². The van der Waals surface area contributed by atoms with Gasteiger partial charge >= 0.3 is 0 Å². The van der Waals surface area contributed by atoms with Crippen molar-refractivity contribution in [3.8, 4) is 45.3 Å². The maximum absolute atomic E-state index is 6.52. The van der Waals surface area contributed by atoms with Crippen LogP contribution in [0.5, 0.6) is 0 Å². The summed E-state index contributed by atoms with van der Waals surface area (Å²) in [6.45, 7) is 4.80. The molecule has 12 rings (SSSR count). The average molecular weight is 770 g/mol. The molecule has 4 heteroatoms. The van der Waals surface area contributed by atoms with E-state index in [9.17, 15) is 0 Å². The minimum absolute atomic E-state index is 0.0245. The first-order valence-electron chi connectivity index (χ1n) is 20.8. The number of hydrogen-bond acceptors (Lipinski definition) is 4. The molecule has 0 amide bonds. The minimum atomic E-state index is 0.0245. The van der Waals surface area contributed by atoms with Crippen LogP contribution in [0, 0.1) is 0 Å². The van der Waals surface area contributed by atoms with E-state index in [1.165, 1.54) is 49.4 Å². The third-order valence-electron chi connectivity index (χ3n) is 12.9. The van der Waals surface area contributed by atoms with E-state index < -0.39 is 0 Å². The molecule has 0 spiro atoms. The zero-order valence-electron chi connectivity index (χ0n) is 33.4. The van der Waals surface area contributed by atoms with Crippen molar-refractivity contribution in [2.24, 2.45) is 0 Å². The minimum Gasteiger partial charge on any atom is -0.456 e. The Hall–Kier alpha value is -7.43. The highest BCUT2D eigenvalue weighted by Gasteiger charge is 2.39. The average Bonchev–Trinajstić information content (AvgIpc) is 3.80. The Morgan fingerprint density at radius 1 is 0.467 bits per heavy atom. The molecule has 0 aliphatic heterocycles. The summed E-state index contributed by atoms with van der Waals surface area (Å²) in [5, 5.41) is 7.04. The van der Waals surface area contributed by atoms with Gasteiger partial charge in [0.15, 0.2) is 17.5 Å². The number of allylic oxidation sites excluding steroid dienone is 4. The molecule has 0 N–H and O–H groups in total. The first kappa shape index (κ1) is 34.6. The summed E-state index contributed by atoms with van der Waals surface area (Å²) in [6.07, 6.45) is 4.64. The molecule has 284 valence electrons. The number of hydrogen-bond donors (Lipinski definition) is 0. The molecule has 0 radical (unpaired) electrons. The molecular weight excluding hydrogens is 731 g/mol. The van der Waals surface area contributed by atoms with Crippen molar-refractivity contribution in [3.05, 3.63) is 198 Å². The molecule has 60 heavy (non-hydrogen) atoms. The summed E-state index contributed by atoms with van der Waals surface area (Å²) < 4.78 is 6.52. The van der Waals surface area contributed by atoms with Crippen LogP contribution in [-0.4, -0.2) is 15.0 Å². The van der Waals surface area contributed by atoms with Gasteiger partial charge in [-0.1, -0.05) is 165 Å². The molecule has 2 heterocycles. The van der Waals surface area contributed by atoms with Gasteiger partial charge in [0.25, 0.3) is 0 Å². The molecule has 10 aromatic rings. The van der Waals surface area contributed by atoms with Crippen LogP contribution < -0.4 is 0 Å². The standard InChI is InChI=1S/C56H39N3O/c1-56(2)47-24-12-11-21-42(47)51-41(22-13-25-48(51)56)45-33-38-28-27-36(31-44(38)39-19-9-10-20-40(39)45)37-29-30-49-46(32-37)52-43(23-14-26-50(52)60-49)55-58-53(34-15-5-3-6-16-34)57-54(59-55)35-17-7-4-8-18-35/h3-12,14-24,26-33H,13,25H2,1-2H3. The SMILES string of the molecule is CC1(C)C2=C(C(c3cc4ccc(-c5ccc6oc7cccc(-c8nc(-c9ccccc9)nc(-c9ccccc9)n8)c7c6c5)cc4c4ccccc34)=CCC2)c2ccccc21. The zero-order chi connectivity index (χ0) is 40.0. The quantitative estimate of drug-likeness (QED) is 0.164. The maximum atomic E-state index is 6.52. The van der Waals surface area contributed by atoms with E-state index in [1.807, 2.05) is 72.8 Å². The maximum Gasteiger partial charge on any atom is 0.164 e. The Balaban J connectivity index is 1.00. The summed E-state index contributed by atoms with van der Waals surface area (Å²) in [6, 6.07) is 60.2. The Morgan fingerprint density at radius 3 is 1.87 bits per heavy atom. The van der Waals surface area contributed by atoms with Crippen molar-refractivity contribution >= 4 is 54.6 Å². The third kappa shape index (κ3) is 5.34. The molecule has 2 aliphatic rings. The lowest BCUT2D eigenvalue weighted by atomic mass is 9.76. The summed E-state index contributed by atoms with van der Waals surface area (Å²) in [4.78, 5) is 15.1. The molecule has 2 aliphatic carbocycles. The first-order valence-corrected chi connectivity index (χ1v) is 20.8. The number of furan rings is 1. The van der Waals surface area contributed by atoms with Gasteiger partial charge in [0.1, 0.15) is 11.2 Å². The molecule has 0 saturated carbocycles. The molecule has 0 atom stereocenters. The normalized spacial score (nSPS) is 14.5. The van der Waals surface area contributed by atoms with Gasteiger partial charge in [-0.15, -0.1) is 0 Å².